The minimum absolute atomic E-state index is 0.0307. The maximum atomic E-state index is 12.8. The Labute approximate surface area is 128 Å². The first-order valence-electron chi connectivity index (χ1n) is 5.19. The van der Waals surface area contributed by atoms with Gasteiger partial charge in [-0.15, -0.1) is 0 Å². The summed E-state index contributed by atoms with van der Waals surface area (Å²) >= 11 is 6.04. The van der Waals surface area contributed by atoms with Gasteiger partial charge in [0.25, 0.3) is 0 Å². The number of hydrogen-bond donors (Lipinski definition) is 2. The van der Waals surface area contributed by atoms with Crippen LogP contribution in [0.25, 0.3) is 0 Å². The molecule has 9 heteroatoms. The van der Waals surface area contributed by atoms with Gasteiger partial charge in [0.05, 0.1) is 5.56 Å². The molecule has 0 atom stereocenters. The first-order valence-corrected chi connectivity index (χ1v) is 6.77. The number of anilines is 3. The smallest absolute Gasteiger partial charge is 0.383 e. The zero-order chi connectivity index (χ0) is 14.9. The number of hydrogen-bond acceptors (Lipinski definition) is 4. The van der Waals surface area contributed by atoms with E-state index in [1.165, 1.54) is 18.5 Å². The number of nitrogens with zero attached hydrogens (tertiary/aromatic N) is 2. The summed E-state index contributed by atoms with van der Waals surface area (Å²) in [6, 6.07) is 3.78. The third kappa shape index (κ3) is 3.21. The van der Waals surface area contributed by atoms with Gasteiger partial charge in [0.15, 0.2) is 0 Å². The summed E-state index contributed by atoms with van der Waals surface area (Å²) in [7, 11) is 0. The van der Waals surface area contributed by atoms with Crippen molar-refractivity contribution in [2.45, 2.75) is 6.18 Å². The molecule has 106 valence electrons. The van der Waals surface area contributed by atoms with Gasteiger partial charge in [0.2, 0.25) is 0 Å². The molecule has 0 spiro atoms. The van der Waals surface area contributed by atoms with Crippen LogP contribution in [0.4, 0.5) is 30.5 Å². The van der Waals surface area contributed by atoms with E-state index in [-0.39, 0.29) is 21.8 Å². The number of halogens is 5. The molecule has 2 rings (SSSR count). The zero-order valence-electron chi connectivity index (χ0n) is 9.67. The van der Waals surface area contributed by atoms with E-state index < -0.39 is 11.7 Å². The van der Waals surface area contributed by atoms with Crippen LogP contribution in [0.1, 0.15) is 5.56 Å². The minimum atomic E-state index is -4.45. The molecule has 0 aliphatic carbocycles. The molecule has 20 heavy (non-hydrogen) atoms. The van der Waals surface area contributed by atoms with Crippen molar-refractivity contribution in [3.05, 3.63) is 39.0 Å². The average Bonchev–Trinajstić information content (AvgIpc) is 2.36. The fourth-order valence-electron chi connectivity index (χ4n) is 1.43. The van der Waals surface area contributed by atoms with E-state index in [4.69, 9.17) is 5.73 Å². The van der Waals surface area contributed by atoms with Crippen molar-refractivity contribution in [2.24, 2.45) is 0 Å². The van der Waals surface area contributed by atoms with E-state index >= 15 is 0 Å². The van der Waals surface area contributed by atoms with Crippen molar-refractivity contribution >= 4 is 49.2 Å². The van der Waals surface area contributed by atoms with Crippen LogP contribution in [0.3, 0.4) is 0 Å². The summed E-state index contributed by atoms with van der Waals surface area (Å²) in [5.41, 5.74) is 5.03. The maximum Gasteiger partial charge on any atom is 0.417 e. The van der Waals surface area contributed by atoms with Crippen molar-refractivity contribution < 1.29 is 13.2 Å². The van der Waals surface area contributed by atoms with Crippen LogP contribution < -0.4 is 11.1 Å². The molecule has 1 aromatic carbocycles. The van der Waals surface area contributed by atoms with Crippen LogP contribution in [-0.4, -0.2) is 9.97 Å². The minimum Gasteiger partial charge on any atom is -0.383 e. The van der Waals surface area contributed by atoms with Gasteiger partial charge in [-0.1, -0.05) is 15.9 Å². The van der Waals surface area contributed by atoms with Gasteiger partial charge in [-0.2, -0.15) is 13.2 Å². The van der Waals surface area contributed by atoms with Gasteiger partial charge in [-0.25, -0.2) is 9.97 Å². The molecule has 4 nitrogen and oxygen atoms in total. The lowest BCUT2D eigenvalue weighted by Gasteiger charge is -2.13. The largest absolute Gasteiger partial charge is 0.417 e. The SMILES string of the molecule is Nc1ncnc(Nc2ccc(Br)c(C(F)(F)F)c2)c1Br. The quantitative estimate of drug-likeness (QED) is 0.771. The first kappa shape index (κ1) is 15.0. The topological polar surface area (TPSA) is 63.8 Å². The second kappa shape index (κ2) is 5.57. The lowest BCUT2D eigenvalue weighted by atomic mass is 10.2. The summed E-state index contributed by atoms with van der Waals surface area (Å²) in [6.45, 7) is 0. The van der Waals surface area contributed by atoms with Gasteiger partial charge in [0, 0.05) is 10.2 Å². The summed E-state index contributed by atoms with van der Waals surface area (Å²) in [5.74, 6) is 0.476. The molecule has 0 unspecified atom stereocenters. The molecule has 3 N–H and O–H groups in total. The van der Waals surface area contributed by atoms with E-state index in [1.807, 2.05) is 0 Å². The average molecular weight is 412 g/mol. The fourth-order valence-corrected chi connectivity index (χ4v) is 2.20. The van der Waals surface area contributed by atoms with Gasteiger partial charge in [0.1, 0.15) is 22.4 Å². The zero-order valence-corrected chi connectivity index (χ0v) is 12.8. The molecule has 0 bridgehead atoms. The Morgan fingerprint density at radius 2 is 1.85 bits per heavy atom. The molecule has 0 aliphatic rings. The van der Waals surface area contributed by atoms with Crippen molar-refractivity contribution in [1.82, 2.24) is 9.97 Å². The number of nitrogen functional groups attached to an aromatic ring is 1. The number of benzene rings is 1. The molecule has 0 fully saturated rings. The molecule has 1 aromatic heterocycles. The third-order valence-electron chi connectivity index (χ3n) is 2.35. The maximum absolute atomic E-state index is 12.8. The highest BCUT2D eigenvalue weighted by Crippen LogP contribution is 2.37. The Morgan fingerprint density at radius 1 is 1.15 bits per heavy atom. The molecule has 0 radical (unpaired) electrons. The normalized spacial score (nSPS) is 11.4. The number of aromatic nitrogens is 2. The summed E-state index contributed by atoms with van der Waals surface area (Å²) in [5, 5.41) is 2.75. The highest BCUT2D eigenvalue weighted by Gasteiger charge is 2.33. The van der Waals surface area contributed by atoms with Gasteiger partial charge in [-0.05, 0) is 34.1 Å². The van der Waals surface area contributed by atoms with Crippen molar-refractivity contribution in [3.8, 4) is 0 Å². The third-order valence-corrected chi connectivity index (χ3v) is 3.82. The van der Waals surface area contributed by atoms with Gasteiger partial charge in [-0.3, -0.25) is 0 Å². The Morgan fingerprint density at radius 3 is 2.50 bits per heavy atom. The standard InChI is InChI=1S/C11H7Br2F3N4/c12-7-2-1-5(3-6(7)11(14,15)16)20-10-8(13)9(17)18-4-19-10/h1-4H,(H3,17,18,19,20). The highest BCUT2D eigenvalue weighted by atomic mass is 79.9. The van der Waals surface area contributed by atoms with Crippen LogP contribution in [0, 0.1) is 0 Å². The number of rotatable bonds is 2. The van der Waals surface area contributed by atoms with Crippen LogP contribution in [0.5, 0.6) is 0 Å². The lowest BCUT2D eigenvalue weighted by molar-refractivity contribution is -0.138. The number of nitrogens with one attached hydrogen (secondary N) is 1. The van der Waals surface area contributed by atoms with Crippen LogP contribution >= 0.6 is 31.9 Å². The Bertz CT molecular complexity index is 646. The molecule has 0 saturated carbocycles. The molecule has 1 heterocycles. The molecule has 0 amide bonds. The Balaban J connectivity index is 2.38. The van der Waals surface area contributed by atoms with E-state index in [2.05, 4.69) is 47.1 Å². The van der Waals surface area contributed by atoms with Gasteiger partial charge < -0.3 is 11.1 Å². The predicted molar refractivity (Wildman–Crippen MR) is 76.6 cm³/mol. The van der Waals surface area contributed by atoms with Crippen molar-refractivity contribution in [2.75, 3.05) is 11.1 Å². The molecular formula is C11H7Br2F3N4. The Hall–Kier alpha value is -1.35. The highest BCUT2D eigenvalue weighted by molar-refractivity contribution is 9.11. The molecule has 0 aliphatic heterocycles. The second-order valence-electron chi connectivity index (χ2n) is 3.74. The molecule has 2 aromatic rings. The fraction of sp³-hybridized carbons (Fsp3) is 0.0909. The number of alkyl halides is 3. The van der Waals surface area contributed by atoms with E-state index in [0.29, 0.717) is 4.47 Å². The van der Waals surface area contributed by atoms with Crippen molar-refractivity contribution in [1.29, 1.82) is 0 Å². The van der Waals surface area contributed by atoms with E-state index in [1.54, 1.807) is 0 Å². The van der Waals surface area contributed by atoms with Gasteiger partial charge >= 0.3 is 6.18 Å². The molecular weight excluding hydrogens is 405 g/mol. The number of nitrogens with two attached hydrogens (primary N) is 1. The predicted octanol–water partition coefficient (Wildman–Crippen LogP) is 4.35. The first-order chi connectivity index (χ1) is 9.29. The summed E-state index contributed by atoms with van der Waals surface area (Å²) < 4.78 is 38.7. The Kier molecular flexibility index (Phi) is 4.19. The summed E-state index contributed by atoms with van der Waals surface area (Å²) in [4.78, 5) is 7.65. The lowest BCUT2D eigenvalue weighted by Crippen LogP contribution is -2.07. The van der Waals surface area contributed by atoms with E-state index in [9.17, 15) is 13.2 Å². The van der Waals surface area contributed by atoms with Crippen LogP contribution in [-0.2, 0) is 6.18 Å². The van der Waals surface area contributed by atoms with Crippen molar-refractivity contribution in [3.63, 3.8) is 0 Å². The summed E-state index contributed by atoms with van der Waals surface area (Å²) in [6.07, 6.45) is -3.23. The second-order valence-corrected chi connectivity index (χ2v) is 5.39. The van der Waals surface area contributed by atoms with Crippen LogP contribution in [0.15, 0.2) is 33.5 Å². The van der Waals surface area contributed by atoms with Crippen LogP contribution in [0.2, 0.25) is 0 Å². The van der Waals surface area contributed by atoms with E-state index in [0.717, 1.165) is 6.07 Å². The molecule has 0 saturated heterocycles. The monoisotopic (exact) mass is 410 g/mol.